The number of carbonyl (C=O) groups excluding carboxylic acids is 1. The summed E-state index contributed by atoms with van der Waals surface area (Å²) in [4.78, 5) is 30.2. The van der Waals surface area contributed by atoms with E-state index in [9.17, 15) is 22.8 Å². The van der Waals surface area contributed by atoms with E-state index in [-0.39, 0.29) is 17.1 Å². The molecule has 0 unspecified atom stereocenters. The minimum Gasteiger partial charge on any atom is -0.406 e. The highest BCUT2D eigenvalue weighted by Crippen LogP contribution is 2.24. The number of ether oxygens (including phenoxy) is 1. The normalized spacial score (nSPS) is 11.2. The second-order valence-corrected chi connectivity index (χ2v) is 5.95. The van der Waals surface area contributed by atoms with Gasteiger partial charge in [0, 0.05) is 16.9 Å². The fraction of sp³-hybridized carbons (Fsp3) is 0.267. The molecule has 2 rings (SSSR count). The maximum absolute atomic E-state index is 12.1. The van der Waals surface area contributed by atoms with Gasteiger partial charge in [0.1, 0.15) is 5.75 Å². The van der Waals surface area contributed by atoms with Crippen molar-refractivity contribution in [2.24, 2.45) is 0 Å². The van der Waals surface area contributed by atoms with E-state index in [1.807, 2.05) is 0 Å². The van der Waals surface area contributed by atoms with Crippen LogP contribution in [0.25, 0.3) is 0 Å². The highest BCUT2D eigenvalue weighted by Gasteiger charge is 2.30. The molecule has 0 aliphatic carbocycles. The van der Waals surface area contributed by atoms with E-state index in [1.165, 1.54) is 12.1 Å². The van der Waals surface area contributed by atoms with Crippen LogP contribution in [0.1, 0.15) is 11.3 Å². The molecule has 0 atom stereocenters. The zero-order chi connectivity index (χ0) is 18.6. The summed E-state index contributed by atoms with van der Waals surface area (Å²) >= 11 is 1.04. The first-order chi connectivity index (χ1) is 11.6. The molecule has 0 aliphatic heterocycles. The molecule has 1 amide bonds. The fourth-order valence-electron chi connectivity index (χ4n) is 1.76. The Bertz CT molecular complexity index is 819. The van der Waals surface area contributed by atoms with Gasteiger partial charge in [-0.05, 0) is 38.1 Å². The lowest BCUT2D eigenvalue weighted by Crippen LogP contribution is -2.18. The average Bonchev–Trinajstić information content (AvgIpc) is 2.51. The Balaban J connectivity index is 1.91. The van der Waals surface area contributed by atoms with Crippen LogP contribution in [0.3, 0.4) is 0 Å². The van der Waals surface area contributed by atoms with Crippen LogP contribution >= 0.6 is 11.8 Å². The molecular formula is C15H14F3N3O3S. The van der Waals surface area contributed by atoms with Crippen LogP contribution < -0.4 is 15.6 Å². The molecule has 134 valence electrons. The van der Waals surface area contributed by atoms with Gasteiger partial charge in [-0.1, -0.05) is 11.8 Å². The van der Waals surface area contributed by atoms with Crippen LogP contribution in [0.4, 0.5) is 18.9 Å². The molecule has 0 bridgehead atoms. The van der Waals surface area contributed by atoms with Crippen LogP contribution in [0.5, 0.6) is 5.75 Å². The number of hydrogen-bond acceptors (Lipinski definition) is 5. The number of thioether (sulfide) groups is 1. The Hall–Kier alpha value is -2.49. The highest BCUT2D eigenvalue weighted by molar-refractivity contribution is 7.99. The second-order valence-electron chi connectivity index (χ2n) is 4.99. The number of nitrogens with one attached hydrogen (secondary N) is 2. The van der Waals surface area contributed by atoms with E-state index >= 15 is 0 Å². The van der Waals surface area contributed by atoms with Crippen molar-refractivity contribution in [3.05, 3.63) is 45.9 Å². The molecule has 1 aromatic carbocycles. The lowest BCUT2D eigenvalue weighted by atomic mass is 10.3. The maximum atomic E-state index is 12.1. The Morgan fingerprint density at radius 1 is 1.28 bits per heavy atom. The molecule has 2 aromatic rings. The molecular weight excluding hydrogens is 359 g/mol. The van der Waals surface area contributed by atoms with Crippen LogP contribution in [-0.2, 0) is 4.79 Å². The lowest BCUT2D eigenvalue weighted by Gasteiger charge is -2.10. The summed E-state index contributed by atoms with van der Waals surface area (Å²) in [6, 6.07) is 4.77. The Labute approximate surface area is 144 Å². The first-order valence-corrected chi connectivity index (χ1v) is 7.98. The van der Waals surface area contributed by atoms with Gasteiger partial charge < -0.3 is 15.0 Å². The number of nitrogens with zero attached hydrogens (tertiary/aromatic N) is 1. The molecule has 0 aliphatic rings. The van der Waals surface area contributed by atoms with E-state index < -0.39 is 12.3 Å². The Morgan fingerprint density at radius 2 is 1.92 bits per heavy atom. The molecule has 0 saturated carbocycles. The van der Waals surface area contributed by atoms with E-state index in [0.29, 0.717) is 22.1 Å². The summed E-state index contributed by atoms with van der Waals surface area (Å²) < 4.78 is 39.9. The van der Waals surface area contributed by atoms with Gasteiger partial charge in [-0.3, -0.25) is 9.59 Å². The second kappa shape index (κ2) is 7.60. The lowest BCUT2D eigenvalue weighted by molar-refractivity contribution is -0.274. The van der Waals surface area contributed by atoms with Gasteiger partial charge in [0.15, 0.2) is 5.16 Å². The van der Waals surface area contributed by atoms with Crippen molar-refractivity contribution in [1.29, 1.82) is 0 Å². The number of aromatic nitrogens is 2. The van der Waals surface area contributed by atoms with E-state index in [2.05, 4.69) is 20.0 Å². The van der Waals surface area contributed by atoms with Crippen molar-refractivity contribution in [3.63, 3.8) is 0 Å². The first kappa shape index (κ1) is 18.8. The SMILES string of the molecule is Cc1nc(SCC(=O)Nc2ccc(OC(F)(F)F)cc2)[nH]c(=O)c1C. The molecule has 0 fully saturated rings. The zero-order valence-corrected chi connectivity index (χ0v) is 14.0. The molecule has 2 N–H and O–H groups in total. The predicted molar refractivity (Wildman–Crippen MR) is 86.8 cm³/mol. The Morgan fingerprint density at radius 3 is 2.48 bits per heavy atom. The summed E-state index contributed by atoms with van der Waals surface area (Å²) in [6.45, 7) is 3.34. The summed E-state index contributed by atoms with van der Waals surface area (Å²) in [5.41, 5.74) is 1.14. The molecule has 0 spiro atoms. The third-order valence-electron chi connectivity index (χ3n) is 3.08. The standard InChI is InChI=1S/C15H14F3N3O3S/c1-8-9(2)19-14(21-13(8)23)25-7-12(22)20-10-3-5-11(6-4-10)24-15(16,17)18/h3-6H,7H2,1-2H3,(H,20,22)(H,19,21,23). The smallest absolute Gasteiger partial charge is 0.406 e. The number of alkyl halides is 3. The fourth-order valence-corrected chi connectivity index (χ4v) is 2.46. The number of aryl methyl sites for hydroxylation is 1. The largest absolute Gasteiger partial charge is 0.573 e. The number of anilines is 1. The monoisotopic (exact) mass is 373 g/mol. The zero-order valence-electron chi connectivity index (χ0n) is 13.2. The maximum Gasteiger partial charge on any atom is 0.573 e. The molecule has 6 nitrogen and oxygen atoms in total. The summed E-state index contributed by atoms with van der Waals surface area (Å²) in [5.74, 6) is -0.793. The van der Waals surface area contributed by atoms with Gasteiger partial charge in [-0.2, -0.15) is 0 Å². The summed E-state index contributed by atoms with van der Waals surface area (Å²) in [7, 11) is 0. The minimum absolute atomic E-state index is 0.0216. The van der Waals surface area contributed by atoms with Gasteiger partial charge in [-0.15, -0.1) is 13.2 Å². The summed E-state index contributed by atoms with van der Waals surface area (Å²) in [5, 5.41) is 2.84. The van der Waals surface area contributed by atoms with Gasteiger partial charge >= 0.3 is 6.36 Å². The number of aromatic amines is 1. The van der Waals surface area contributed by atoms with Crippen molar-refractivity contribution in [1.82, 2.24) is 9.97 Å². The van der Waals surface area contributed by atoms with Crippen molar-refractivity contribution in [3.8, 4) is 5.75 Å². The van der Waals surface area contributed by atoms with Crippen molar-refractivity contribution < 1.29 is 22.7 Å². The highest BCUT2D eigenvalue weighted by atomic mass is 32.2. The van der Waals surface area contributed by atoms with Gasteiger partial charge in [-0.25, -0.2) is 4.98 Å². The number of benzene rings is 1. The van der Waals surface area contributed by atoms with Crippen LogP contribution in [0, 0.1) is 13.8 Å². The molecule has 0 radical (unpaired) electrons. The number of amides is 1. The van der Waals surface area contributed by atoms with Crippen molar-refractivity contribution >= 4 is 23.4 Å². The molecule has 1 aromatic heterocycles. The Kier molecular flexibility index (Phi) is 5.73. The first-order valence-electron chi connectivity index (χ1n) is 7.00. The number of H-pyrrole nitrogens is 1. The molecule has 0 saturated heterocycles. The van der Waals surface area contributed by atoms with Gasteiger partial charge in [0.05, 0.1) is 5.75 Å². The molecule has 10 heteroatoms. The molecule has 1 heterocycles. The third-order valence-corrected chi connectivity index (χ3v) is 3.96. The average molecular weight is 373 g/mol. The number of halogens is 3. The number of carbonyl (C=O) groups is 1. The van der Waals surface area contributed by atoms with E-state index in [1.54, 1.807) is 13.8 Å². The topological polar surface area (TPSA) is 84.1 Å². The van der Waals surface area contributed by atoms with Crippen LogP contribution in [0.15, 0.2) is 34.2 Å². The number of hydrogen-bond donors (Lipinski definition) is 2. The van der Waals surface area contributed by atoms with Gasteiger partial charge in [0.2, 0.25) is 5.91 Å². The minimum atomic E-state index is -4.77. The van der Waals surface area contributed by atoms with Crippen LogP contribution in [0.2, 0.25) is 0 Å². The van der Waals surface area contributed by atoms with E-state index in [4.69, 9.17) is 0 Å². The van der Waals surface area contributed by atoms with Crippen molar-refractivity contribution in [2.45, 2.75) is 25.4 Å². The van der Waals surface area contributed by atoms with Crippen LogP contribution in [-0.4, -0.2) is 28.0 Å². The predicted octanol–water partition coefficient (Wildman–Crippen LogP) is 3.02. The van der Waals surface area contributed by atoms with Crippen molar-refractivity contribution in [2.75, 3.05) is 11.1 Å². The quantitative estimate of drug-likeness (QED) is 0.622. The molecule has 25 heavy (non-hydrogen) atoms. The van der Waals surface area contributed by atoms with E-state index in [0.717, 1.165) is 23.9 Å². The third kappa shape index (κ3) is 5.82. The summed E-state index contributed by atoms with van der Waals surface area (Å²) in [6.07, 6.45) is -4.77. The number of rotatable bonds is 5. The van der Waals surface area contributed by atoms with Gasteiger partial charge in [0.25, 0.3) is 5.56 Å².